The molecule has 3 N–H and O–H groups in total. The van der Waals surface area contributed by atoms with E-state index in [1.165, 1.54) is 57.8 Å². The van der Waals surface area contributed by atoms with Crippen LogP contribution in [-0.2, 0) is 4.74 Å². The number of hydrogen-bond acceptors (Lipinski definition) is 3. The van der Waals surface area contributed by atoms with Crippen LogP contribution in [0, 0.1) is 5.92 Å². The highest BCUT2D eigenvalue weighted by molar-refractivity contribution is 4.77. The topological polar surface area (TPSA) is 47.3 Å². The van der Waals surface area contributed by atoms with E-state index >= 15 is 0 Å². The van der Waals surface area contributed by atoms with Crippen molar-refractivity contribution in [3.63, 3.8) is 0 Å². The van der Waals surface area contributed by atoms with Crippen molar-refractivity contribution in [2.75, 3.05) is 13.2 Å². The molecule has 0 saturated carbocycles. The maximum atomic E-state index is 5.63. The smallest absolute Gasteiger partial charge is 0.0510 e. The molecule has 2 unspecified atom stereocenters. The van der Waals surface area contributed by atoms with Crippen LogP contribution in [0.3, 0.4) is 0 Å². The van der Waals surface area contributed by atoms with Crippen molar-refractivity contribution in [1.29, 1.82) is 0 Å². The van der Waals surface area contributed by atoms with Gasteiger partial charge in [0.2, 0.25) is 0 Å². The lowest BCUT2D eigenvalue weighted by Gasteiger charge is -2.21. The minimum Gasteiger partial charge on any atom is -0.381 e. The van der Waals surface area contributed by atoms with E-state index in [2.05, 4.69) is 12.3 Å². The molecule has 1 aliphatic rings. The molecule has 0 aliphatic carbocycles. The molecule has 3 nitrogen and oxygen atoms in total. The molecule has 1 heterocycles. The van der Waals surface area contributed by atoms with E-state index in [0.29, 0.717) is 12.0 Å². The van der Waals surface area contributed by atoms with Gasteiger partial charge in [0.05, 0.1) is 6.61 Å². The van der Waals surface area contributed by atoms with Gasteiger partial charge in [-0.05, 0) is 12.8 Å². The monoisotopic (exact) mass is 242 g/mol. The largest absolute Gasteiger partial charge is 0.381 e. The molecule has 17 heavy (non-hydrogen) atoms. The van der Waals surface area contributed by atoms with Crippen LogP contribution in [0.2, 0.25) is 0 Å². The summed E-state index contributed by atoms with van der Waals surface area (Å²) in [6, 6.07) is 0.466. The molecular weight excluding hydrogens is 212 g/mol. The average molecular weight is 242 g/mol. The fourth-order valence-corrected chi connectivity index (χ4v) is 2.65. The Morgan fingerprint density at radius 2 is 1.88 bits per heavy atom. The van der Waals surface area contributed by atoms with Gasteiger partial charge in [-0.25, -0.2) is 0 Å². The second-order valence-corrected chi connectivity index (χ2v) is 5.31. The number of hydrazine groups is 1. The summed E-state index contributed by atoms with van der Waals surface area (Å²) < 4.78 is 5.42. The van der Waals surface area contributed by atoms with E-state index in [1.807, 2.05) is 0 Å². The van der Waals surface area contributed by atoms with Gasteiger partial charge in [0, 0.05) is 18.6 Å². The molecule has 1 fully saturated rings. The Balaban J connectivity index is 1.96. The summed E-state index contributed by atoms with van der Waals surface area (Å²) in [4.78, 5) is 0. The second-order valence-electron chi connectivity index (χ2n) is 5.31. The Bertz CT molecular complexity index is 170. The quantitative estimate of drug-likeness (QED) is 0.352. The summed E-state index contributed by atoms with van der Waals surface area (Å²) in [6.07, 6.45) is 12.0. The Hall–Kier alpha value is -0.120. The van der Waals surface area contributed by atoms with Crippen molar-refractivity contribution in [1.82, 2.24) is 5.43 Å². The first-order chi connectivity index (χ1) is 8.38. The lowest BCUT2D eigenvalue weighted by molar-refractivity contribution is 0.174. The van der Waals surface area contributed by atoms with Gasteiger partial charge in [-0.3, -0.25) is 11.3 Å². The summed E-state index contributed by atoms with van der Waals surface area (Å²) in [5.41, 5.74) is 2.98. The summed E-state index contributed by atoms with van der Waals surface area (Å²) in [7, 11) is 0. The van der Waals surface area contributed by atoms with E-state index in [0.717, 1.165) is 13.2 Å². The number of ether oxygens (including phenoxy) is 1. The van der Waals surface area contributed by atoms with Crippen LogP contribution in [0.15, 0.2) is 0 Å². The Kier molecular flexibility index (Phi) is 8.67. The zero-order valence-corrected chi connectivity index (χ0v) is 11.4. The van der Waals surface area contributed by atoms with Gasteiger partial charge in [-0.1, -0.05) is 51.9 Å². The molecule has 1 rings (SSSR count). The normalized spacial score (nSPS) is 21.9. The van der Waals surface area contributed by atoms with Crippen LogP contribution >= 0.6 is 0 Å². The molecule has 102 valence electrons. The predicted molar refractivity (Wildman–Crippen MR) is 72.6 cm³/mol. The minimum atomic E-state index is 0.466. The van der Waals surface area contributed by atoms with Crippen molar-refractivity contribution < 1.29 is 4.74 Å². The maximum absolute atomic E-state index is 5.63. The molecule has 0 radical (unpaired) electrons. The zero-order chi connectivity index (χ0) is 12.3. The van der Waals surface area contributed by atoms with Crippen molar-refractivity contribution >= 4 is 0 Å². The molecule has 0 aromatic carbocycles. The van der Waals surface area contributed by atoms with Crippen LogP contribution in [0.25, 0.3) is 0 Å². The zero-order valence-electron chi connectivity index (χ0n) is 11.4. The number of nitrogens with one attached hydrogen (secondary N) is 1. The Morgan fingerprint density at radius 1 is 1.18 bits per heavy atom. The highest BCUT2D eigenvalue weighted by atomic mass is 16.5. The summed E-state index contributed by atoms with van der Waals surface area (Å²) >= 11 is 0. The summed E-state index contributed by atoms with van der Waals surface area (Å²) in [5.74, 6) is 6.27. The number of unbranched alkanes of at least 4 members (excludes halogenated alkanes) is 6. The van der Waals surface area contributed by atoms with Gasteiger partial charge in [0.15, 0.2) is 0 Å². The number of rotatable bonds is 10. The second kappa shape index (κ2) is 9.86. The van der Waals surface area contributed by atoms with Crippen LogP contribution in [0.4, 0.5) is 0 Å². The highest BCUT2D eigenvalue weighted by Gasteiger charge is 2.24. The van der Waals surface area contributed by atoms with E-state index < -0.39 is 0 Å². The molecule has 1 saturated heterocycles. The van der Waals surface area contributed by atoms with Crippen LogP contribution in [0.1, 0.15) is 64.7 Å². The standard InChI is InChI=1S/C14H30N2O/c1-2-3-4-5-6-7-8-9-14(16-15)13-10-11-17-12-13/h13-14,16H,2-12,15H2,1H3. The van der Waals surface area contributed by atoms with Crippen LogP contribution in [-0.4, -0.2) is 19.3 Å². The SMILES string of the molecule is CCCCCCCCCC(NN)C1CCOC1. The Labute approximate surface area is 106 Å². The maximum Gasteiger partial charge on any atom is 0.0510 e. The van der Waals surface area contributed by atoms with E-state index in [1.54, 1.807) is 0 Å². The fraction of sp³-hybridized carbons (Fsp3) is 1.00. The first-order valence-corrected chi connectivity index (χ1v) is 7.42. The number of nitrogens with two attached hydrogens (primary N) is 1. The van der Waals surface area contributed by atoms with Gasteiger partial charge in [-0.15, -0.1) is 0 Å². The van der Waals surface area contributed by atoms with E-state index in [4.69, 9.17) is 10.6 Å². The summed E-state index contributed by atoms with van der Waals surface area (Å²) in [5, 5.41) is 0. The third-order valence-electron chi connectivity index (χ3n) is 3.87. The third kappa shape index (κ3) is 6.39. The van der Waals surface area contributed by atoms with Crippen molar-refractivity contribution in [2.45, 2.75) is 70.8 Å². The minimum absolute atomic E-state index is 0.466. The fourth-order valence-electron chi connectivity index (χ4n) is 2.65. The highest BCUT2D eigenvalue weighted by Crippen LogP contribution is 2.20. The van der Waals surface area contributed by atoms with Crippen LogP contribution < -0.4 is 11.3 Å². The molecule has 0 aromatic rings. The van der Waals surface area contributed by atoms with Gasteiger partial charge in [0.25, 0.3) is 0 Å². The van der Waals surface area contributed by atoms with Gasteiger partial charge in [0.1, 0.15) is 0 Å². The lowest BCUT2D eigenvalue weighted by atomic mass is 9.94. The first-order valence-electron chi connectivity index (χ1n) is 7.42. The molecule has 3 heteroatoms. The molecule has 0 bridgehead atoms. The molecule has 1 aliphatic heterocycles. The van der Waals surface area contributed by atoms with Crippen molar-refractivity contribution in [3.8, 4) is 0 Å². The summed E-state index contributed by atoms with van der Waals surface area (Å²) in [6.45, 7) is 4.08. The molecule has 2 atom stereocenters. The van der Waals surface area contributed by atoms with E-state index in [9.17, 15) is 0 Å². The first kappa shape index (κ1) is 14.9. The van der Waals surface area contributed by atoms with Gasteiger partial charge < -0.3 is 4.74 Å². The lowest BCUT2D eigenvalue weighted by Crippen LogP contribution is -2.41. The molecule has 0 spiro atoms. The van der Waals surface area contributed by atoms with Gasteiger partial charge in [-0.2, -0.15) is 0 Å². The third-order valence-corrected chi connectivity index (χ3v) is 3.87. The molecule has 0 aromatic heterocycles. The predicted octanol–water partition coefficient (Wildman–Crippen LogP) is 3.00. The van der Waals surface area contributed by atoms with Crippen molar-refractivity contribution in [2.24, 2.45) is 11.8 Å². The van der Waals surface area contributed by atoms with Gasteiger partial charge >= 0.3 is 0 Å². The molecule has 0 amide bonds. The number of hydrogen-bond donors (Lipinski definition) is 2. The molecular formula is C14H30N2O. The Morgan fingerprint density at radius 3 is 2.47 bits per heavy atom. The van der Waals surface area contributed by atoms with E-state index in [-0.39, 0.29) is 0 Å². The van der Waals surface area contributed by atoms with Crippen molar-refractivity contribution in [3.05, 3.63) is 0 Å². The average Bonchev–Trinajstić information content (AvgIpc) is 2.86. The van der Waals surface area contributed by atoms with Crippen LogP contribution in [0.5, 0.6) is 0 Å².